The summed E-state index contributed by atoms with van der Waals surface area (Å²) in [6.45, 7) is 6.86. The molecule has 1 unspecified atom stereocenters. The highest BCUT2D eigenvalue weighted by Gasteiger charge is 2.36. The number of carbonyl (C=O) groups is 3. The van der Waals surface area contributed by atoms with Gasteiger partial charge in [0.2, 0.25) is 17.7 Å². The second-order valence-electron chi connectivity index (χ2n) is 6.02. The van der Waals surface area contributed by atoms with E-state index in [0.717, 1.165) is 0 Å². The molecule has 6 nitrogen and oxygen atoms in total. The van der Waals surface area contributed by atoms with Gasteiger partial charge < -0.3 is 15.1 Å². The zero-order chi connectivity index (χ0) is 14.7. The van der Waals surface area contributed by atoms with E-state index in [-0.39, 0.29) is 23.6 Å². The molecule has 0 radical (unpaired) electrons. The van der Waals surface area contributed by atoms with E-state index in [1.165, 1.54) is 0 Å². The van der Waals surface area contributed by atoms with Gasteiger partial charge in [-0.1, -0.05) is 13.8 Å². The average molecular weight is 281 g/mol. The average Bonchev–Trinajstić information content (AvgIpc) is 2.60. The quantitative estimate of drug-likeness (QED) is 0.781. The molecule has 2 aliphatic rings. The van der Waals surface area contributed by atoms with E-state index in [9.17, 15) is 14.4 Å². The molecule has 2 fully saturated rings. The number of carbonyl (C=O) groups excluding carboxylic acids is 3. The van der Waals surface area contributed by atoms with Crippen LogP contribution in [0.3, 0.4) is 0 Å². The van der Waals surface area contributed by atoms with Crippen LogP contribution in [-0.2, 0) is 14.4 Å². The number of rotatable bonds is 3. The second-order valence-corrected chi connectivity index (χ2v) is 6.02. The molecule has 0 aromatic rings. The third kappa shape index (κ3) is 3.49. The summed E-state index contributed by atoms with van der Waals surface area (Å²) in [6, 6.07) is 0. The minimum absolute atomic E-state index is 0.00997. The van der Waals surface area contributed by atoms with Crippen LogP contribution in [0.4, 0.5) is 0 Å². The first kappa shape index (κ1) is 14.8. The van der Waals surface area contributed by atoms with Crippen LogP contribution in [0, 0.1) is 11.8 Å². The second kappa shape index (κ2) is 6.24. The van der Waals surface area contributed by atoms with E-state index in [0.29, 0.717) is 51.5 Å². The van der Waals surface area contributed by atoms with Gasteiger partial charge >= 0.3 is 0 Å². The standard InChI is InChI=1S/C14H23N3O3/c1-10(2)8-17-9-11(7-13(17)19)14(20)16-5-3-12(18)15-4-6-16/h10-11H,3-9H2,1-2H3,(H,15,18). The lowest BCUT2D eigenvalue weighted by Crippen LogP contribution is -2.39. The Morgan fingerprint density at radius 2 is 2.10 bits per heavy atom. The molecule has 112 valence electrons. The predicted molar refractivity (Wildman–Crippen MR) is 73.7 cm³/mol. The number of amides is 3. The monoisotopic (exact) mass is 281 g/mol. The molecule has 0 aromatic heterocycles. The van der Waals surface area contributed by atoms with Crippen molar-refractivity contribution in [3.63, 3.8) is 0 Å². The van der Waals surface area contributed by atoms with E-state index in [2.05, 4.69) is 19.2 Å². The third-order valence-electron chi connectivity index (χ3n) is 3.77. The van der Waals surface area contributed by atoms with Gasteiger partial charge in [-0.15, -0.1) is 0 Å². The lowest BCUT2D eigenvalue weighted by molar-refractivity contribution is -0.135. The highest BCUT2D eigenvalue weighted by Crippen LogP contribution is 2.21. The lowest BCUT2D eigenvalue weighted by atomic mass is 10.1. The van der Waals surface area contributed by atoms with Crippen molar-refractivity contribution in [2.24, 2.45) is 11.8 Å². The van der Waals surface area contributed by atoms with Crippen LogP contribution < -0.4 is 5.32 Å². The van der Waals surface area contributed by atoms with E-state index in [4.69, 9.17) is 0 Å². The van der Waals surface area contributed by atoms with Crippen molar-refractivity contribution in [1.82, 2.24) is 15.1 Å². The van der Waals surface area contributed by atoms with Gasteiger partial charge in [0.15, 0.2) is 0 Å². The predicted octanol–water partition coefficient (Wildman–Crippen LogP) is -0.161. The summed E-state index contributed by atoms with van der Waals surface area (Å²) in [6.07, 6.45) is 0.658. The van der Waals surface area contributed by atoms with E-state index >= 15 is 0 Å². The lowest BCUT2D eigenvalue weighted by Gasteiger charge is -2.23. The van der Waals surface area contributed by atoms with Crippen LogP contribution >= 0.6 is 0 Å². The van der Waals surface area contributed by atoms with Crippen molar-refractivity contribution in [2.75, 3.05) is 32.7 Å². The molecule has 0 saturated carbocycles. The molecule has 0 spiro atoms. The van der Waals surface area contributed by atoms with Crippen molar-refractivity contribution in [3.05, 3.63) is 0 Å². The highest BCUT2D eigenvalue weighted by atomic mass is 16.2. The fourth-order valence-corrected chi connectivity index (χ4v) is 2.80. The van der Waals surface area contributed by atoms with Crippen LogP contribution in [-0.4, -0.2) is 60.2 Å². The van der Waals surface area contributed by atoms with Gasteiger partial charge in [-0.3, -0.25) is 14.4 Å². The Kier molecular flexibility index (Phi) is 4.62. The molecule has 3 amide bonds. The molecule has 0 aliphatic carbocycles. The van der Waals surface area contributed by atoms with E-state index in [1.807, 2.05) is 0 Å². The summed E-state index contributed by atoms with van der Waals surface area (Å²) in [5.41, 5.74) is 0. The van der Waals surface area contributed by atoms with Crippen LogP contribution in [0.1, 0.15) is 26.7 Å². The molecular weight excluding hydrogens is 258 g/mol. The SMILES string of the molecule is CC(C)CN1CC(C(=O)N2CCNC(=O)CC2)CC1=O. The zero-order valence-corrected chi connectivity index (χ0v) is 12.2. The molecule has 2 saturated heterocycles. The molecule has 1 N–H and O–H groups in total. The molecule has 0 aromatic carbocycles. The molecule has 2 aliphatic heterocycles. The van der Waals surface area contributed by atoms with E-state index in [1.54, 1.807) is 9.80 Å². The first-order chi connectivity index (χ1) is 9.47. The minimum Gasteiger partial charge on any atom is -0.354 e. The van der Waals surface area contributed by atoms with Crippen molar-refractivity contribution < 1.29 is 14.4 Å². The van der Waals surface area contributed by atoms with E-state index < -0.39 is 0 Å². The molecule has 1 atom stereocenters. The Bertz CT molecular complexity index is 408. The molecule has 0 bridgehead atoms. The van der Waals surface area contributed by atoms with Gasteiger partial charge in [-0.25, -0.2) is 0 Å². The van der Waals surface area contributed by atoms with Crippen LogP contribution in [0.2, 0.25) is 0 Å². The van der Waals surface area contributed by atoms with Gasteiger partial charge in [0.25, 0.3) is 0 Å². The summed E-state index contributed by atoms with van der Waals surface area (Å²) in [5.74, 6) is 0.244. The van der Waals surface area contributed by atoms with Crippen molar-refractivity contribution in [3.8, 4) is 0 Å². The number of hydrogen-bond acceptors (Lipinski definition) is 3. The van der Waals surface area contributed by atoms with Crippen molar-refractivity contribution in [2.45, 2.75) is 26.7 Å². The first-order valence-corrected chi connectivity index (χ1v) is 7.30. The molecule has 20 heavy (non-hydrogen) atoms. The largest absolute Gasteiger partial charge is 0.354 e. The number of nitrogens with one attached hydrogen (secondary N) is 1. The summed E-state index contributed by atoms with van der Waals surface area (Å²) < 4.78 is 0. The van der Waals surface area contributed by atoms with Gasteiger partial charge in [0.1, 0.15) is 0 Å². The fourth-order valence-electron chi connectivity index (χ4n) is 2.80. The Hall–Kier alpha value is -1.59. The number of likely N-dealkylation sites (tertiary alicyclic amines) is 1. The maximum atomic E-state index is 12.4. The summed E-state index contributed by atoms with van der Waals surface area (Å²) in [5, 5.41) is 2.75. The van der Waals surface area contributed by atoms with Gasteiger partial charge in [-0.05, 0) is 5.92 Å². The Balaban J connectivity index is 1.93. The Morgan fingerprint density at radius 1 is 1.35 bits per heavy atom. The molecule has 2 rings (SSSR count). The van der Waals surface area contributed by atoms with Gasteiger partial charge in [0, 0.05) is 45.6 Å². The maximum absolute atomic E-state index is 12.4. The van der Waals surface area contributed by atoms with Crippen LogP contribution in [0.15, 0.2) is 0 Å². The van der Waals surface area contributed by atoms with Crippen molar-refractivity contribution in [1.29, 1.82) is 0 Å². The normalized spacial score (nSPS) is 24.1. The first-order valence-electron chi connectivity index (χ1n) is 7.30. The Morgan fingerprint density at radius 3 is 2.80 bits per heavy atom. The highest BCUT2D eigenvalue weighted by molar-refractivity contribution is 5.89. The van der Waals surface area contributed by atoms with Crippen molar-refractivity contribution >= 4 is 17.7 Å². The summed E-state index contributed by atoms with van der Waals surface area (Å²) in [7, 11) is 0. The molecule has 6 heteroatoms. The van der Waals surface area contributed by atoms with Gasteiger partial charge in [0.05, 0.1) is 5.92 Å². The summed E-state index contributed by atoms with van der Waals surface area (Å²) >= 11 is 0. The van der Waals surface area contributed by atoms with Crippen LogP contribution in [0.5, 0.6) is 0 Å². The smallest absolute Gasteiger partial charge is 0.228 e. The number of hydrogen-bond donors (Lipinski definition) is 1. The van der Waals surface area contributed by atoms with Gasteiger partial charge in [-0.2, -0.15) is 0 Å². The van der Waals surface area contributed by atoms with Crippen LogP contribution in [0.25, 0.3) is 0 Å². The fraction of sp³-hybridized carbons (Fsp3) is 0.786. The third-order valence-corrected chi connectivity index (χ3v) is 3.77. The molecule has 2 heterocycles. The zero-order valence-electron chi connectivity index (χ0n) is 12.2. The number of nitrogens with zero attached hydrogens (tertiary/aromatic N) is 2. The topological polar surface area (TPSA) is 69.7 Å². The maximum Gasteiger partial charge on any atom is 0.228 e. The summed E-state index contributed by atoms with van der Waals surface area (Å²) in [4.78, 5) is 39.2. The minimum atomic E-state index is -0.241. The molecular formula is C14H23N3O3. The Labute approximate surface area is 119 Å².